The fraction of sp³-hybridized carbons (Fsp3) is 0.278. The average Bonchev–Trinajstić information content (AvgIpc) is 3.06. The van der Waals surface area contributed by atoms with Crippen LogP contribution in [0, 0.1) is 0 Å². The summed E-state index contributed by atoms with van der Waals surface area (Å²) in [7, 11) is 0. The van der Waals surface area contributed by atoms with Crippen LogP contribution in [0.4, 0.5) is 5.69 Å². The lowest BCUT2D eigenvalue weighted by Crippen LogP contribution is -2.62. The van der Waals surface area contributed by atoms with Crippen LogP contribution in [-0.2, 0) is 4.79 Å². The van der Waals surface area contributed by atoms with Crippen LogP contribution in [0.3, 0.4) is 0 Å². The van der Waals surface area contributed by atoms with Gasteiger partial charge in [0.2, 0.25) is 0 Å². The van der Waals surface area contributed by atoms with Gasteiger partial charge in [-0.2, -0.15) is 0 Å². The van der Waals surface area contributed by atoms with Crippen molar-refractivity contribution in [1.82, 2.24) is 10.3 Å². The lowest BCUT2D eigenvalue weighted by atomic mass is 10.1. The topological polar surface area (TPSA) is 35.6 Å². The molecule has 4 rings (SSSR count). The summed E-state index contributed by atoms with van der Waals surface area (Å²) in [4.78, 5) is 14.8. The van der Waals surface area contributed by atoms with Crippen LogP contribution >= 0.6 is 0 Å². The standard InChI is InChI=1S/C18H19N3O/c22-17-16-12-7-13-20(16)18(14-8-3-1-4-9-14)21(19-17)15-10-5-2-6-11-15/h1-6,8-11,16,18H,7,12-13H2,(H,19,22)/t16-,18?/m0/s1. The smallest absolute Gasteiger partial charge is 0.255 e. The number of anilines is 1. The fourth-order valence-corrected chi connectivity index (χ4v) is 3.53. The number of fused-ring (bicyclic) bond motifs is 1. The Balaban J connectivity index is 1.79. The first-order chi connectivity index (χ1) is 10.8. The highest BCUT2D eigenvalue weighted by atomic mass is 16.2. The van der Waals surface area contributed by atoms with E-state index >= 15 is 0 Å². The molecular formula is C18H19N3O. The summed E-state index contributed by atoms with van der Waals surface area (Å²) in [6, 6.07) is 20.5. The minimum absolute atomic E-state index is 0.00910. The molecule has 2 aliphatic heterocycles. The second-order valence-corrected chi connectivity index (χ2v) is 5.86. The minimum Gasteiger partial charge on any atom is -0.271 e. The molecule has 0 aliphatic carbocycles. The van der Waals surface area contributed by atoms with E-state index in [0.29, 0.717) is 0 Å². The Bertz CT molecular complexity index is 659. The molecule has 1 unspecified atom stereocenters. The van der Waals surface area contributed by atoms with Crippen molar-refractivity contribution in [1.29, 1.82) is 0 Å². The van der Waals surface area contributed by atoms with Gasteiger partial charge < -0.3 is 0 Å². The Morgan fingerprint density at radius 1 is 0.955 bits per heavy atom. The molecule has 4 nitrogen and oxygen atoms in total. The Labute approximate surface area is 130 Å². The average molecular weight is 293 g/mol. The first-order valence-corrected chi connectivity index (χ1v) is 7.80. The molecule has 0 bridgehead atoms. The van der Waals surface area contributed by atoms with Crippen molar-refractivity contribution in [2.24, 2.45) is 0 Å². The summed E-state index contributed by atoms with van der Waals surface area (Å²) >= 11 is 0. The number of hydrogen-bond acceptors (Lipinski definition) is 3. The monoisotopic (exact) mass is 293 g/mol. The molecule has 2 fully saturated rings. The van der Waals surface area contributed by atoms with Crippen molar-refractivity contribution in [2.75, 3.05) is 11.6 Å². The number of benzene rings is 2. The maximum atomic E-state index is 12.4. The van der Waals surface area contributed by atoms with E-state index in [0.717, 1.165) is 25.1 Å². The molecule has 0 aromatic heterocycles. The van der Waals surface area contributed by atoms with Crippen molar-refractivity contribution in [2.45, 2.75) is 25.0 Å². The summed E-state index contributed by atoms with van der Waals surface area (Å²) in [5.74, 6) is 0.105. The zero-order valence-electron chi connectivity index (χ0n) is 12.4. The van der Waals surface area contributed by atoms with Gasteiger partial charge in [-0.05, 0) is 30.5 Å². The van der Waals surface area contributed by atoms with Crippen LogP contribution < -0.4 is 10.4 Å². The van der Waals surface area contributed by atoms with Crippen LogP contribution in [-0.4, -0.2) is 23.4 Å². The van der Waals surface area contributed by atoms with Gasteiger partial charge >= 0.3 is 0 Å². The molecule has 2 saturated heterocycles. The Kier molecular flexibility index (Phi) is 3.31. The number of amides is 1. The van der Waals surface area contributed by atoms with Crippen LogP contribution in [0.5, 0.6) is 0 Å². The number of nitrogens with one attached hydrogen (secondary N) is 1. The van der Waals surface area contributed by atoms with Gasteiger partial charge in [0, 0.05) is 6.54 Å². The van der Waals surface area contributed by atoms with Crippen molar-refractivity contribution < 1.29 is 4.79 Å². The molecule has 4 heteroatoms. The molecule has 22 heavy (non-hydrogen) atoms. The molecule has 2 aromatic rings. The third-order valence-corrected chi connectivity index (χ3v) is 4.52. The van der Waals surface area contributed by atoms with E-state index in [1.54, 1.807) is 0 Å². The molecule has 2 heterocycles. The SMILES string of the molecule is O=C1NN(c2ccccc2)C(c2ccccc2)N2CCC[C@@H]12. The Morgan fingerprint density at radius 3 is 2.36 bits per heavy atom. The van der Waals surface area contributed by atoms with Gasteiger partial charge in [0.25, 0.3) is 5.91 Å². The molecule has 112 valence electrons. The molecule has 1 amide bonds. The Morgan fingerprint density at radius 2 is 1.64 bits per heavy atom. The van der Waals surface area contributed by atoms with E-state index in [1.165, 1.54) is 5.56 Å². The number of carbonyl (C=O) groups excluding carboxylic acids is 1. The van der Waals surface area contributed by atoms with Gasteiger partial charge in [0.15, 0.2) is 0 Å². The quantitative estimate of drug-likeness (QED) is 0.924. The number of hydrazine groups is 1. The number of carbonyl (C=O) groups is 1. The largest absolute Gasteiger partial charge is 0.271 e. The molecule has 0 spiro atoms. The van der Waals surface area contributed by atoms with E-state index < -0.39 is 0 Å². The fourth-order valence-electron chi connectivity index (χ4n) is 3.53. The third kappa shape index (κ3) is 2.16. The molecule has 0 saturated carbocycles. The van der Waals surface area contributed by atoms with E-state index in [4.69, 9.17) is 0 Å². The second-order valence-electron chi connectivity index (χ2n) is 5.86. The number of para-hydroxylation sites is 1. The summed E-state index contributed by atoms with van der Waals surface area (Å²) in [6.07, 6.45) is 2.07. The van der Waals surface area contributed by atoms with Gasteiger partial charge in [-0.15, -0.1) is 0 Å². The minimum atomic E-state index is -0.00910. The predicted molar refractivity (Wildman–Crippen MR) is 86.0 cm³/mol. The zero-order valence-corrected chi connectivity index (χ0v) is 12.4. The van der Waals surface area contributed by atoms with Crippen molar-refractivity contribution in [3.8, 4) is 0 Å². The zero-order chi connectivity index (χ0) is 14.9. The first kappa shape index (κ1) is 13.3. The van der Waals surface area contributed by atoms with E-state index in [9.17, 15) is 4.79 Å². The summed E-state index contributed by atoms with van der Waals surface area (Å²) < 4.78 is 0. The van der Waals surface area contributed by atoms with Crippen LogP contribution in [0.1, 0.15) is 24.6 Å². The molecule has 1 N–H and O–H groups in total. The molecule has 2 atom stereocenters. The van der Waals surface area contributed by atoms with E-state index in [-0.39, 0.29) is 18.1 Å². The summed E-state index contributed by atoms with van der Waals surface area (Å²) in [5.41, 5.74) is 5.32. The first-order valence-electron chi connectivity index (χ1n) is 7.80. The molecule has 2 aliphatic rings. The number of rotatable bonds is 2. The highest BCUT2D eigenvalue weighted by Crippen LogP contribution is 2.37. The second kappa shape index (κ2) is 5.46. The van der Waals surface area contributed by atoms with Gasteiger partial charge in [0.1, 0.15) is 6.17 Å². The third-order valence-electron chi connectivity index (χ3n) is 4.52. The van der Waals surface area contributed by atoms with Crippen molar-refractivity contribution >= 4 is 11.6 Å². The lowest BCUT2D eigenvalue weighted by Gasteiger charge is -2.46. The van der Waals surface area contributed by atoms with Gasteiger partial charge in [0.05, 0.1) is 11.7 Å². The van der Waals surface area contributed by atoms with Crippen molar-refractivity contribution in [3.05, 3.63) is 66.2 Å². The highest BCUT2D eigenvalue weighted by Gasteiger charge is 2.44. The molecular weight excluding hydrogens is 274 g/mol. The van der Waals surface area contributed by atoms with Gasteiger partial charge in [-0.1, -0.05) is 48.5 Å². The predicted octanol–water partition coefficient (Wildman–Crippen LogP) is 2.70. The normalized spacial score (nSPS) is 24.9. The summed E-state index contributed by atoms with van der Waals surface area (Å²) in [6.45, 7) is 0.959. The van der Waals surface area contributed by atoms with Gasteiger partial charge in [-0.3, -0.25) is 20.1 Å². The van der Waals surface area contributed by atoms with Crippen molar-refractivity contribution in [3.63, 3.8) is 0 Å². The van der Waals surface area contributed by atoms with E-state index in [1.807, 2.05) is 41.4 Å². The lowest BCUT2D eigenvalue weighted by molar-refractivity contribution is -0.130. The van der Waals surface area contributed by atoms with E-state index in [2.05, 4.69) is 34.6 Å². The maximum Gasteiger partial charge on any atom is 0.255 e. The Hall–Kier alpha value is -2.33. The van der Waals surface area contributed by atoms with Gasteiger partial charge in [-0.25, -0.2) is 0 Å². The highest BCUT2D eigenvalue weighted by molar-refractivity contribution is 5.85. The van der Waals surface area contributed by atoms with Crippen LogP contribution in [0.25, 0.3) is 0 Å². The van der Waals surface area contributed by atoms with Crippen LogP contribution in [0.15, 0.2) is 60.7 Å². The summed E-state index contributed by atoms with van der Waals surface area (Å²) in [5, 5.41) is 2.00. The number of nitrogens with zero attached hydrogens (tertiary/aromatic N) is 2. The maximum absolute atomic E-state index is 12.4. The van der Waals surface area contributed by atoms with Crippen LogP contribution in [0.2, 0.25) is 0 Å². The molecule has 2 aromatic carbocycles. The molecule has 0 radical (unpaired) electrons. The number of hydrogen-bond donors (Lipinski definition) is 1.